The van der Waals surface area contributed by atoms with Crippen LogP contribution in [0.2, 0.25) is 0 Å². The number of furan rings is 1. The van der Waals surface area contributed by atoms with Gasteiger partial charge < -0.3 is 9.73 Å². The van der Waals surface area contributed by atoms with Crippen LogP contribution in [-0.4, -0.2) is 33.9 Å². The van der Waals surface area contributed by atoms with Gasteiger partial charge in [-0.2, -0.15) is 5.10 Å². The summed E-state index contributed by atoms with van der Waals surface area (Å²) in [5, 5.41) is 7.06. The normalized spacial score (nSPS) is 15.7. The molecule has 7 nitrogen and oxygen atoms in total. The number of aromatic nitrogens is 2. The summed E-state index contributed by atoms with van der Waals surface area (Å²) >= 11 is 1.23. The fraction of sp³-hybridized carbons (Fsp3) is 0.276. The number of amides is 2. The van der Waals surface area contributed by atoms with Crippen molar-refractivity contribution in [1.82, 2.24) is 15.1 Å². The molecule has 2 aromatic heterocycles. The van der Waals surface area contributed by atoms with Crippen molar-refractivity contribution in [3.8, 4) is 11.3 Å². The number of carbonyl (C=O) groups is 2. The Morgan fingerprint density at radius 2 is 1.90 bits per heavy atom. The Morgan fingerprint density at radius 1 is 1.13 bits per heavy atom. The van der Waals surface area contributed by atoms with Crippen molar-refractivity contribution in [1.29, 1.82) is 0 Å². The maximum atomic E-state index is 15.2. The zero-order valence-electron chi connectivity index (χ0n) is 21.8. The molecule has 1 unspecified atom stereocenters. The molecule has 1 atom stereocenters. The molecule has 39 heavy (non-hydrogen) atoms. The Bertz CT molecular complexity index is 1500. The van der Waals surface area contributed by atoms with Gasteiger partial charge in [0.1, 0.15) is 29.8 Å². The molecule has 3 heterocycles. The molecule has 1 N–H and O–H groups in total. The first-order valence-corrected chi connectivity index (χ1v) is 13.5. The fourth-order valence-electron chi connectivity index (χ4n) is 4.55. The highest BCUT2D eigenvalue weighted by atomic mass is 32.2. The second-order valence-electron chi connectivity index (χ2n) is 10.2. The van der Waals surface area contributed by atoms with E-state index in [-0.39, 0.29) is 36.2 Å². The lowest BCUT2D eigenvalue weighted by atomic mass is 9.98. The number of carbonyl (C=O) groups excluding carboxylic acids is 2. The van der Waals surface area contributed by atoms with Crippen LogP contribution in [0.1, 0.15) is 42.9 Å². The van der Waals surface area contributed by atoms with E-state index in [4.69, 9.17) is 9.52 Å². The topological polar surface area (TPSA) is 80.4 Å². The van der Waals surface area contributed by atoms with Crippen LogP contribution in [-0.2, 0) is 21.7 Å². The van der Waals surface area contributed by atoms with E-state index in [0.717, 1.165) is 11.6 Å². The van der Waals surface area contributed by atoms with Crippen molar-refractivity contribution >= 4 is 29.4 Å². The molecule has 0 radical (unpaired) electrons. The molecule has 2 aromatic carbocycles. The first-order chi connectivity index (χ1) is 18.6. The minimum atomic E-state index is -0.710. The molecular weight excluding hydrogens is 522 g/mol. The third-order valence-electron chi connectivity index (χ3n) is 6.36. The molecule has 0 spiro atoms. The van der Waals surface area contributed by atoms with Gasteiger partial charge in [0, 0.05) is 22.8 Å². The number of hydrogen-bond donors (Lipinski definition) is 1. The number of rotatable bonds is 6. The first kappa shape index (κ1) is 26.7. The van der Waals surface area contributed by atoms with E-state index in [9.17, 15) is 14.0 Å². The van der Waals surface area contributed by atoms with Crippen LogP contribution in [0.15, 0.2) is 71.3 Å². The average molecular weight is 551 g/mol. The van der Waals surface area contributed by atoms with Crippen LogP contribution in [0.5, 0.6) is 0 Å². The second-order valence-corrected chi connectivity index (χ2v) is 11.3. The highest BCUT2D eigenvalue weighted by Gasteiger charge is 2.40. The van der Waals surface area contributed by atoms with E-state index in [1.807, 2.05) is 51.1 Å². The molecule has 5 rings (SSSR count). The predicted molar refractivity (Wildman–Crippen MR) is 146 cm³/mol. The quantitative estimate of drug-likeness (QED) is 0.335. The molecule has 0 saturated heterocycles. The number of nitrogens with one attached hydrogen (secondary N) is 1. The van der Waals surface area contributed by atoms with Gasteiger partial charge in [0.25, 0.3) is 0 Å². The Hall–Kier alpha value is -3.92. The lowest BCUT2D eigenvalue weighted by molar-refractivity contribution is -0.123. The summed E-state index contributed by atoms with van der Waals surface area (Å²) in [6, 6.07) is 16.4. The van der Waals surface area contributed by atoms with E-state index in [0.29, 0.717) is 22.8 Å². The number of halogens is 2. The highest BCUT2D eigenvalue weighted by molar-refractivity contribution is 8.00. The molecule has 0 bridgehead atoms. The Balaban J connectivity index is 1.67. The lowest BCUT2D eigenvalue weighted by Gasteiger charge is -2.28. The van der Waals surface area contributed by atoms with E-state index in [1.165, 1.54) is 35.1 Å². The van der Waals surface area contributed by atoms with E-state index >= 15 is 4.39 Å². The van der Waals surface area contributed by atoms with Gasteiger partial charge in [-0.1, -0.05) is 36.4 Å². The van der Waals surface area contributed by atoms with Gasteiger partial charge in [0.2, 0.25) is 11.8 Å². The SMILES string of the molecule is CC(C)(C)n1nc(-c2ccccc2)c2c1N(CC(=O)NCc1ccco1)C(=O)CSC2c1ccc(F)cc1F. The molecule has 0 saturated carbocycles. The van der Waals surface area contributed by atoms with Gasteiger partial charge in [-0.25, -0.2) is 13.5 Å². The third-order valence-corrected chi connectivity index (χ3v) is 7.59. The minimum Gasteiger partial charge on any atom is -0.467 e. The molecule has 4 aromatic rings. The van der Waals surface area contributed by atoms with Crippen molar-refractivity contribution in [2.45, 2.75) is 38.1 Å². The number of anilines is 1. The van der Waals surface area contributed by atoms with Crippen molar-refractivity contribution in [3.63, 3.8) is 0 Å². The number of benzene rings is 2. The summed E-state index contributed by atoms with van der Waals surface area (Å²) in [6.45, 7) is 5.75. The zero-order chi connectivity index (χ0) is 27.7. The second kappa shape index (κ2) is 10.7. The van der Waals surface area contributed by atoms with Crippen LogP contribution in [0.25, 0.3) is 11.3 Å². The summed E-state index contributed by atoms with van der Waals surface area (Å²) in [6.07, 6.45) is 1.52. The monoisotopic (exact) mass is 550 g/mol. The zero-order valence-corrected chi connectivity index (χ0v) is 22.6. The first-order valence-electron chi connectivity index (χ1n) is 12.5. The summed E-state index contributed by atoms with van der Waals surface area (Å²) in [5.74, 6) is -1.11. The summed E-state index contributed by atoms with van der Waals surface area (Å²) in [4.78, 5) is 28.1. The van der Waals surface area contributed by atoms with Crippen molar-refractivity contribution < 1.29 is 22.8 Å². The van der Waals surface area contributed by atoms with Crippen LogP contribution < -0.4 is 10.2 Å². The van der Waals surface area contributed by atoms with Gasteiger partial charge in [0.05, 0.1) is 35.0 Å². The number of thioether (sulfide) groups is 1. The predicted octanol–water partition coefficient (Wildman–Crippen LogP) is 5.66. The highest BCUT2D eigenvalue weighted by Crippen LogP contribution is 2.49. The number of nitrogens with zero attached hydrogens (tertiary/aromatic N) is 3. The molecule has 0 fully saturated rings. The third kappa shape index (κ3) is 5.47. The summed E-state index contributed by atoms with van der Waals surface area (Å²) < 4.78 is 36.1. The van der Waals surface area contributed by atoms with Gasteiger partial charge in [-0.3, -0.25) is 14.5 Å². The Labute approximate surface area is 229 Å². The maximum absolute atomic E-state index is 15.2. The van der Waals surface area contributed by atoms with E-state index in [1.54, 1.807) is 16.8 Å². The smallest absolute Gasteiger partial charge is 0.240 e. The molecule has 1 aliphatic heterocycles. The Morgan fingerprint density at radius 3 is 2.56 bits per heavy atom. The van der Waals surface area contributed by atoms with Crippen LogP contribution in [0.3, 0.4) is 0 Å². The fourth-order valence-corrected chi connectivity index (χ4v) is 5.77. The molecule has 10 heteroatoms. The van der Waals surface area contributed by atoms with Crippen molar-refractivity contribution in [3.05, 3.63) is 95.4 Å². The van der Waals surface area contributed by atoms with Crippen LogP contribution in [0, 0.1) is 11.6 Å². The lowest BCUT2D eigenvalue weighted by Crippen LogP contribution is -2.43. The molecule has 1 aliphatic rings. The number of hydrogen-bond acceptors (Lipinski definition) is 5. The summed E-state index contributed by atoms with van der Waals surface area (Å²) in [5.41, 5.74) is 1.58. The maximum Gasteiger partial charge on any atom is 0.240 e. The van der Waals surface area contributed by atoms with Gasteiger partial charge >= 0.3 is 0 Å². The average Bonchev–Trinajstić information content (AvgIpc) is 3.53. The molecule has 202 valence electrons. The minimum absolute atomic E-state index is 0.0139. The largest absolute Gasteiger partial charge is 0.467 e. The van der Waals surface area contributed by atoms with Gasteiger partial charge in [0.15, 0.2) is 0 Å². The molecule has 2 amide bonds. The Kier molecular flexibility index (Phi) is 7.31. The van der Waals surface area contributed by atoms with E-state index in [2.05, 4.69) is 5.32 Å². The van der Waals surface area contributed by atoms with Gasteiger partial charge in [-0.15, -0.1) is 11.8 Å². The van der Waals surface area contributed by atoms with Crippen LogP contribution >= 0.6 is 11.8 Å². The standard InChI is InChI=1S/C29H28F2N4O3S/c1-29(2,3)35-28-25(26(33-35)18-8-5-4-6-9-18)27(21-12-11-19(30)14-22(21)31)39-17-24(37)34(28)16-23(36)32-15-20-10-7-13-38-20/h4-14,27H,15-17H2,1-3H3,(H,32,36). The van der Waals surface area contributed by atoms with E-state index < -0.39 is 22.4 Å². The van der Waals surface area contributed by atoms with Crippen molar-refractivity contribution in [2.24, 2.45) is 0 Å². The number of fused-ring (bicyclic) bond motifs is 1. The van der Waals surface area contributed by atoms with Crippen LogP contribution in [0.4, 0.5) is 14.6 Å². The van der Waals surface area contributed by atoms with Gasteiger partial charge in [-0.05, 0) is 39.0 Å². The van der Waals surface area contributed by atoms with Crippen molar-refractivity contribution in [2.75, 3.05) is 17.2 Å². The molecule has 0 aliphatic carbocycles. The summed E-state index contributed by atoms with van der Waals surface area (Å²) in [7, 11) is 0. The molecular formula is C29H28F2N4O3S.